The van der Waals surface area contributed by atoms with E-state index in [1.165, 1.54) is 0 Å². The van der Waals surface area contributed by atoms with Crippen LogP contribution >= 0.6 is 0 Å². The number of amides is 2. The third kappa shape index (κ3) is 5.53. The molecule has 0 saturated carbocycles. The van der Waals surface area contributed by atoms with Crippen molar-refractivity contribution in [2.24, 2.45) is 11.8 Å². The van der Waals surface area contributed by atoms with Gasteiger partial charge in [-0.25, -0.2) is 4.79 Å². The van der Waals surface area contributed by atoms with E-state index in [0.717, 1.165) is 25.1 Å². The molecule has 1 aromatic rings. The summed E-state index contributed by atoms with van der Waals surface area (Å²) in [5, 5.41) is 18.4. The summed E-state index contributed by atoms with van der Waals surface area (Å²) >= 11 is 0. The van der Waals surface area contributed by atoms with Gasteiger partial charge in [0, 0.05) is 11.2 Å². The summed E-state index contributed by atoms with van der Waals surface area (Å²) in [6.45, 7) is 7.37. The van der Waals surface area contributed by atoms with E-state index in [4.69, 9.17) is 0 Å². The number of carboxylic acids is 1. The standard InChI is InChI=1S/C18H27N3O3/c1-18(2,3)21-17(24)20-14-6-4-5-12(9-14)10-15(16(22)23)13-7-8-19-11-13/h4-6,9,13,15,19H,7-8,10-11H2,1-3H3,(H,22,23)(H2,20,21,24)/t13-,15-/m0/s1. The van der Waals surface area contributed by atoms with E-state index in [2.05, 4.69) is 16.0 Å². The number of nitrogens with one attached hydrogen (secondary N) is 3. The highest BCUT2D eigenvalue weighted by molar-refractivity contribution is 5.89. The number of anilines is 1. The van der Waals surface area contributed by atoms with Crippen molar-refractivity contribution in [1.82, 2.24) is 10.6 Å². The molecule has 1 heterocycles. The minimum atomic E-state index is -0.757. The molecule has 2 amide bonds. The number of carbonyl (C=O) groups is 2. The molecule has 24 heavy (non-hydrogen) atoms. The number of carbonyl (C=O) groups excluding carboxylic acids is 1. The van der Waals surface area contributed by atoms with Crippen LogP contribution in [0.5, 0.6) is 0 Å². The van der Waals surface area contributed by atoms with Gasteiger partial charge < -0.3 is 21.1 Å². The predicted octanol–water partition coefficient (Wildman–Crippen LogP) is 2.46. The van der Waals surface area contributed by atoms with Crippen LogP contribution in [0.4, 0.5) is 10.5 Å². The molecular formula is C18H27N3O3. The first-order valence-electron chi connectivity index (χ1n) is 8.36. The lowest BCUT2D eigenvalue weighted by Crippen LogP contribution is -2.43. The fourth-order valence-electron chi connectivity index (χ4n) is 3.01. The van der Waals surface area contributed by atoms with E-state index in [0.29, 0.717) is 12.1 Å². The zero-order valence-electron chi connectivity index (χ0n) is 14.6. The van der Waals surface area contributed by atoms with Gasteiger partial charge in [-0.1, -0.05) is 12.1 Å². The van der Waals surface area contributed by atoms with Gasteiger partial charge in [0.25, 0.3) is 0 Å². The van der Waals surface area contributed by atoms with Crippen LogP contribution in [0.25, 0.3) is 0 Å². The van der Waals surface area contributed by atoms with Gasteiger partial charge in [-0.3, -0.25) is 4.79 Å². The monoisotopic (exact) mass is 333 g/mol. The Balaban J connectivity index is 2.03. The van der Waals surface area contributed by atoms with Crippen molar-refractivity contribution < 1.29 is 14.7 Å². The van der Waals surface area contributed by atoms with Gasteiger partial charge in [-0.2, -0.15) is 0 Å². The first-order chi connectivity index (χ1) is 11.2. The highest BCUT2D eigenvalue weighted by Crippen LogP contribution is 2.24. The highest BCUT2D eigenvalue weighted by Gasteiger charge is 2.30. The van der Waals surface area contributed by atoms with E-state index in [-0.39, 0.29) is 17.5 Å². The van der Waals surface area contributed by atoms with Gasteiger partial charge in [-0.05, 0) is 70.3 Å². The average Bonchev–Trinajstić information content (AvgIpc) is 2.96. The molecule has 6 nitrogen and oxygen atoms in total. The molecule has 4 N–H and O–H groups in total. The van der Waals surface area contributed by atoms with Gasteiger partial charge in [-0.15, -0.1) is 0 Å². The van der Waals surface area contributed by atoms with Gasteiger partial charge in [0.1, 0.15) is 0 Å². The second-order valence-corrected chi connectivity index (χ2v) is 7.43. The average molecular weight is 333 g/mol. The molecule has 1 aliphatic heterocycles. The topological polar surface area (TPSA) is 90.5 Å². The number of rotatable bonds is 5. The molecule has 132 valence electrons. The van der Waals surface area contributed by atoms with Crippen molar-refractivity contribution in [3.63, 3.8) is 0 Å². The SMILES string of the molecule is CC(C)(C)NC(=O)Nc1cccc(C[C@H](C(=O)O)[C@H]2CCNC2)c1. The lowest BCUT2D eigenvalue weighted by Gasteiger charge is -2.21. The Bertz CT molecular complexity index is 589. The molecular weight excluding hydrogens is 306 g/mol. The maximum absolute atomic E-state index is 12.0. The maximum atomic E-state index is 12.0. The summed E-state index contributed by atoms with van der Waals surface area (Å²) in [7, 11) is 0. The van der Waals surface area contributed by atoms with Gasteiger partial charge in [0.05, 0.1) is 5.92 Å². The summed E-state index contributed by atoms with van der Waals surface area (Å²) in [6.07, 6.45) is 1.36. The van der Waals surface area contributed by atoms with Crippen molar-refractivity contribution >= 4 is 17.7 Å². The molecule has 6 heteroatoms. The second-order valence-electron chi connectivity index (χ2n) is 7.43. The number of carboxylic acid groups (broad SMARTS) is 1. The van der Waals surface area contributed by atoms with Gasteiger partial charge in [0.15, 0.2) is 0 Å². The molecule has 0 aromatic heterocycles. The third-order valence-corrected chi connectivity index (χ3v) is 4.11. The normalized spacial score (nSPS) is 18.9. The van der Waals surface area contributed by atoms with E-state index in [1.54, 1.807) is 6.07 Å². The quantitative estimate of drug-likeness (QED) is 0.666. The molecule has 0 aliphatic carbocycles. The predicted molar refractivity (Wildman–Crippen MR) is 94.2 cm³/mol. The largest absolute Gasteiger partial charge is 0.481 e. The van der Waals surface area contributed by atoms with E-state index >= 15 is 0 Å². The maximum Gasteiger partial charge on any atom is 0.319 e. The number of hydrogen-bond donors (Lipinski definition) is 4. The Labute approximate surface area is 143 Å². The zero-order chi connectivity index (χ0) is 17.7. The second kappa shape index (κ2) is 7.66. The Kier molecular flexibility index (Phi) is 5.83. The van der Waals surface area contributed by atoms with Crippen molar-refractivity contribution in [2.75, 3.05) is 18.4 Å². The van der Waals surface area contributed by atoms with Crippen LogP contribution in [0.1, 0.15) is 32.8 Å². The van der Waals surface area contributed by atoms with E-state index in [9.17, 15) is 14.7 Å². The van der Waals surface area contributed by atoms with Crippen LogP contribution in [-0.4, -0.2) is 35.7 Å². The summed E-state index contributed by atoms with van der Waals surface area (Å²) < 4.78 is 0. The van der Waals surface area contributed by atoms with Crippen LogP contribution < -0.4 is 16.0 Å². The lowest BCUT2D eigenvalue weighted by atomic mass is 9.86. The number of benzene rings is 1. The molecule has 0 radical (unpaired) electrons. The first kappa shape index (κ1) is 18.3. The van der Waals surface area contributed by atoms with Crippen molar-refractivity contribution in [3.05, 3.63) is 29.8 Å². The molecule has 2 rings (SSSR count). The van der Waals surface area contributed by atoms with Crippen LogP contribution in [-0.2, 0) is 11.2 Å². The summed E-state index contributed by atoms with van der Waals surface area (Å²) in [4.78, 5) is 23.6. The Morgan fingerprint density at radius 1 is 1.38 bits per heavy atom. The smallest absolute Gasteiger partial charge is 0.319 e. The summed E-state index contributed by atoms with van der Waals surface area (Å²) in [5.41, 5.74) is 1.27. The fourth-order valence-corrected chi connectivity index (χ4v) is 3.01. The molecule has 1 fully saturated rings. The van der Waals surface area contributed by atoms with Crippen LogP contribution in [0.15, 0.2) is 24.3 Å². The van der Waals surface area contributed by atoms with Crippen LogP contribution in [0, 0.1) is 11.8 Å². The van der Waals surface area contributed by atoms with Gasteiger partial charge >= 0.3 is 12.0 Å². The molecule has 1 aromatic carbocycles. The molecule has 0 spiro atoms. The third-order valence-electron chi connectivity index (χ3n) is 4.11. The minimum absolute atomic E-state index is 0.156. The highest BCUT2D eigenvalue weighted by atomic mass is 16.4. The number of hydrogen-bond acceptors (Lipinski definition) is 3. The Morgan fingerprint density at radius 3 is 2.71 bits per heavy atom. The van der Waals surface area contributed by atoms with Crippen molar-refractivity contribution in [2.45, 2.75) is 39.2 Å². The van der Waals surface area contributed by atoms with Crippen LogP contribution in [0.2, 0.25) is 0 Å². The van der Waals surface area contributed by atoms with Crippen molar-refractivity contribution in [3.8, 4) is 0 Å². The van der Waals surface area contributed by atoms with E-state index < -0.39 is 11.9 Å². The van der Waals surface area contributed by atoms with Crippen molar-refractivity contribution in [1.29, 1.82) is 0 Å². The molecule has 0 bridgehead atoms. The fraction of sp³-hybridized carbons (Fsp3) is 0.556. The van der Waals surface area contributed by atoms with E-state index in [1.807, 2.05) is 39.0 Å². The summed E-state index contributed by atoms with van der Waals surface area (Å²) in [5.74, 6) is -1.01. The Hall–Kier alpha value is -2.08. The van der Waals surface area contributed by atoms with Gasteiger partial charge in [0.2, 0.25) is 0 Å². The number of urea groups is 1. The molecule has 2 atom stereocenters. The lowest BCUT2D eigenvalue weighted by molar-refractivity contribution is -0.143. The summed E-state index contributed by atoms with van der Waals surface area (Å²) in [6, 6.07) is 7.13. The number of aliphatic carboxylic acids is 1. The first-order valence-corrected chi connectivity index (χ1v) is 8.36. The zero-order valence-corrected chi connectivity index (χ0v) is 14.6. The minimum Gasteiger partial charge on any atom is -0.481 e. The molecule has 1 saturated heterocycles. The Morgan fingerprint density at radius 2 is 2.12 bits per heavy atom. The molecule has 1 aliphatic rings. The van der Waals surface area contributed by atoms with Crippen LogP contribution in [0.3, 0.4) is 0 Å². The molecule has 0 unspecified atom stereocenters.